The van der Waals surface area contributed by atoms with E-state index in [0.717, 1.165) is 29.8 Å². The van der Waals surface area contributed by atoms with Gasteiger partial charge in [0.2, 0.25) is 5.89 Å². The Labute approximate surface area is 208 Å². The van der Waals surface area contributed by atoms with Crippen molar-refractivity contribution in [3.8, 4) is 22.8 Å². The van der Waals surface area contributed by atoms with Gasteiger partial charge in [0.1, 0.15) is 23.6 Å². The number of rotatable bonds is 5. The van der Waals surface area contributed by atoms with Gasteiger partial charge in [-0.15, -0.1) is 5.10 Å². The third-order valence-electron chi connectivity index (χ3n) is 7.79. The highest BCUT2D eigenvalue weighted by atomic mass is 32.2. The van der Waals surface area contributed by atoms with Crippen LogP contribution in [0.3, 0.4) is 0 Å². The number of aromatic nitrogens is 5. The first-order valence-electron chi connectivity index (χ1n) is 11.6. The molecule has 0 saturated heterocycles. The van der Waals surface area contributed by atoms with Crippen LogP contribution in [0.5, 0.6) is 0 Å². The van der Waals surface area contributed by atoms with Crippen molar-refractivity contribution in [1.29, 1.82) is 0 Å². The van der Waals surface area contributed by atoms with Crippen LogP contribution in [0, 0.1) is 17.0 Å². The first kappa shape index (κ1) is 23.0. The number of halogens is 2. The fraction of sp³-hybridized carbons (Fsp3) is 0.346. The molecule has 2 aliphatic rings. The Morgan fingerprint density at radius 2 is 1.89 bits per heavy atom. The summed E-state index contributed by atoms with van der Waals surface area (Å²) in [7, 11) is -1.04. The molecule has 1 fully saturated rings. The Kier molecular flexibility index (Phi) is 5.15. The highest BCUT2D eigenvalue weighted by Crippen LogP contribution is 2.69. The van der Waals surface area contributed by atoms with Crippen molar-refractivity contribution in [1.82, 2.24) is 25.1 Å². The molecule has 0 aliphatic heterocycles. The van der Waals surface area contributed by atoms with Gasteiger partial charge < -0.3 is 4.42 Å². The predicted molar refractivity (Wildman–Crippen MR) is 129 cm³/mol. The number of oxazole rings is 1. The first-order chi connectivity index (χ1) is 17.2. The van der Waals surface area contributed by atoms with E-state index in [2.05, 4.69) is 34.0 Å². The lowest BCUT2D eigenvalue weighted by atomic mass is 9.66. The predicted octanol–water partition coefficient (Wildman–Crippen LogP) is 4.95. The Morgan fingerprint density at radius 3 is 2.64 bits per heavy atom. The van der Waals surface area contributed by atoms with Gasteiger partial charge in [0.05, 0.1) is 45.7 Å². The van der Waals surface area contributed by atoms with Gasteiger partial charge in [-0.3, -0.25) is 9.19 Å². The van der Waals surface area contributed by atoms with Crippen LogP contribution in [0.4, 0.5) is 8.78 Å². The summed E-state index contributed by atoms with van der Waals surface area (Å²) in [6.45, 7) is 4.34. The molecule has 6 rings (SSSR count). The van der Waals surface area contributed by atoms with E-state index < -0.39 is 27.8 Å². The van der Waals surface area contributed by atoms with Crippen molar-refractivity contribution >= 4 is 10.8 Å². The van der Waals surface area contributed by atoms with Gasteiger partial charge in [-0.25, -0.2) is 18.7 Å². The minimum atomic E-state index is -1.04. The zero-order valence-corrected chi connectivity index (χ0v) is 20.8. The molecule has 0 radical (unpaired) electrons. The summed E-state index contributed by atoms with van der Waals surface area (Å²) < 4.78 is 46.1. The number of nitrogens with zero attached hydrogens (tertiary/aromatic N) is 5. The molecule has 7 nitrogen and oxygen atoms in total. The largest absolute Gasteiger partial charge is 0.443 e. The molecule has 36 heavy (non-hydrogen) atoms. The summed E-state index contributed by atoms with van der Waals surface area (Å²) in [5, 5.41) is 8.83. The summed E-state index contributed by atoms with van der Waals surface area (Å²) >= 11 is 0. The molecule has 0 amide bonds. The van der Waals surface area contributed by atoms with E-state index in [1.807, 2.05) is 0 Å². The molecule has 1 saturated carbocycles. The lowest BCUT2D eigenvalue weighted by Gasteiger charge is -2.37. The van der Waals surface area contributed by atoms with Crippen LogP contribution in [0.15, 0.2) is 47.3 Å². The smallest absolute Gasteiger partial charge is 0.246 e. The molecular weight excluding hydrogens is 484 g/mol. The molecule has 184 valence electrons. The second-order valence-corrected chi connectivity index (χ2v) is 11.4. The molecule has 2 bridgehead atoms. The maximum atomic E-state index is 14.5. The number of hydrogen-bond acceptors (Lipinski definition) is 7. The zero-order valence-electron chi connectivity index (χ0n) is 20.0. The Bertz CT molecular complexity index is 1520. The summed E-state index contributed by atoms with van der Waals surface area (Å²) in [5.41, 5.74) is 2.65. The minimum absolute atomic E-state index is 0.120. The fourth-order valence-corrected chi connectivity index (χ4v) is 6.68. The maximum Gasteiger partial charge on any atom is 0.246 e. The molecule has 3 atom stereocenters. The average Bonchev–Trinajstić information content (AvgIpc) is 3.46. The van der Waals surface area contributed by atoms with E-state index in [4.69, 9.17) is 9.40 Å². The van der Waals surface area contributed by atoms with Crippen LogP contribution in [-0.4, -0.2) is 35.6 Å². The highest BCUT2D eigenvalue weighted by Gasteiger charge is 2.65. The lowest BCUT2D eigenvalue weighted by Crippen LogP contribution is -2.38. The molecule has 4 aromatic rings. The molecule has 0 spiro atoms. The van der Waals surface area contributed by atoms with Crippen molar-refractivity contribution in [3.63, 3.8) is 0 Å². The van der Waals surface area contributed by atoms with Crippen molar-refractivity contribution < 1.29 is 17.4 Å². The van der Waals surface area contributed by atoms with E-state index >= 15 is 0 Å². The van der Waals surface area contributed by atoms with Crippen LogP contribution in [0.1, 0.15) is 55.3 Å². The second kappa shape index (κ2) is 8.06. The van der Waals surface area contributed by atoms with E-state index in [-0.39, 0.29) is 22.6 Å². The average molecular weight is 508 g/mol. The third kappa shape index (κ3) is 3.20. The molecule has 2 aliphatic carbocycles. The molecule has 1 unspecified atom stereocenters. The van der Waals surface area contributed by atoms with Gasteiger partial charge in [-0.05, 0) is 47.9 Å². The SMILES string of the molecule is CS(=O)Cc1coc(-c2cncc([C@]34CC[C@@H](c5cc(-c6c(F)cccc6F)nnc53)C4(C)C)n2)n1. The van der Waals surface area contributed by atoms with Gasteiger partial charge >= 0.3 is 0 Å². The third-order valence-corrected chi connectivity index (χ3v) is 8.50. The van der Waals surface area contributed by atoms with Crippen LogP contribution >= 0.6 is 0 Å². The molecule has 0 N–H and O–H groups in total. The Morgan fingerprint density at radius 1 is 1.11 bits per heavy atom. The van der Waals surface area contributed by atoms with Crippen LogP contribution < -0.4 is 0 Å². The van der Waals surface area contributed by atoms with Crippen LogP contribution in [0.2, 0.25) is 0 Å². The molecule has 10 heteroatoms. The summed E-state index contributed by atoms with van der Waals surface area (Å²) in [4.78, 5) is 13.8. The standard InChI is InChI=1S/C26H23F2N5O2S/c1-25(2)16-7-8-26(25,21-11-29-10-20(31-21)24-30-14(12-35-24)13-36(3)34)23-15(16)9-19(32-33-23)22-17(27)5-4-6-18(22)28/h4-6,9-12,16H,7-8,13H2,1-3H3/t16-,26+,36?/m0/s1. The normalized spacial score (nSPS) is 22.5. The lowest BCUT2D eigenvalue weighted by molar-refractivity contribution is 0.242. The van der Waals surface area contributed by atoms with Crippen molar-refractivity contribution in [2.45, 2.75) is 43.8 Å². The molecule has 3 heterocycles. The Hall–Kier alpha value is -3.40. The van der Waals surface area contributed by atoms with Crippen molar-refractivity contribution in [2.75, 3.05) is 6.26 Å². The van der Waals surface area contributed by atoms with Gasteiger partial charge in [-0.2, -0.15) is 5.10 Å². The van der Waals surface area contributed by atoms with Gasteiger partial charge in [0, 0.05) is 23.3 Å². The quantitative estimate of drug-likeness (QED) is 0.377. The number of hydrogen-bond donors (Lipinski definition) is 0. The van der Waals surface area contributed by atoms with E-state index in [9.17, 15) is 13.0 Å². The van der Waals surface area contributed by atoms with Crippen molar-refractivity contribution in [2.24, 2.45) is 5.41 Å². The van der Waals surface area contributed by atoms with E-state index in [0.29, 0.717) is 23.0 Å². The summed E-state index contributed by atoms with van der Waals surface area (Å²) in [5.74, 6) is -0.615. The second-order valence-electron chi connectivity index (χ2n) is 10.00. The zero-order chi connectivity index (χ0) is 25.2. The van der Waals surface area contributed by atoms with E-state index in [1.54, 1.807) is 24.7 Å². The van der Waals surface area contributed by atoms with Gasteiger partial charge in [0.25, 0.3) is 0 Å². The van der Waals surface area contributed by atoms with Crippen molar-refractivity contribution in [3.05, 3.63) is 77.2 Å². The monoisotopic (exact) mass is 507 g/mol. The van der Waals surface area contributed by atoms with Crippen LogP contribution in [0.25, 0.3) is 22.8 Å². The summed E-state index contributed by atoms with van der Waals surface area (Å²) in [6.07, 6.45) is 8.09. The highest BCUT2D eigenvalue weighted by molar-refractivity contribution is 7.83. The number of fused-ring (bicyclic) bond motifs is 5. The van der Waals surface area contributed by atoms with Gasteiger partial charge in [-0.1, -0.05) is 19.9 Å². The molecule has 1 aromatic carbocycles. The first-order valence-corrected chi connectivity index (χ1v) is 13.3. The van der Waals surface area contributed by atoms with Gasteiger partial charge in [0.15, 0.2) is 0 Å². The topological polar surface area (TPSA) is 94.7 Å². The fourth-order valence-electron chi connectivity index (χ4n) is 6.13. The molecule has 3 aromatic heterocycles. The van der Waals surface area contributed by atoms with E-state index in [1.165, 1.54) is 24.5 Å². The Balaban J connectivity index is 1.46. The van der Waals surface area contributed by atoms with Crippen LogP contribution in [-0.2, 0) is 22.0 Å². The molecular formula is C26H23F2N5O2S. The summed E-state index contributed by atoms with van der Waals surface area (Å²) in [6, 6.07) is 5.55. The minimum Gasteiger partial charge on any atom is -0.443 e. The number of benzene rings is 1. The maximum absolute atomic E-state index is 14.5.